The van der Waals surface area contributed by atoms with Crippen molar-refractivity contribution in [3.63, 3.8) is 0 Å². The van der Waals surface area contributed by atoms with E-state index < -0.39 is 12.1 Å². The molecule has 2 fully saturated rings. The van der Waals surface area contributed by atoms with Gasteiger partial charge in [-0.05, 0) is 37.8 Å². The second-order valence-corrected chi connectivity index (χ2v) is 8.07. The zero-order valence-electron chi connectivity index (χ0n) is 17.5. The van der Waals surface area contributed by atoms with Crippen LogP contribution in [0.1, 0.15) is 25.0 Å². The number of amides is 1. The van der Waals surface area contributed by atoms with Crippen LogP contribution in [-0.4, -0.2) is 89.2 Å². The van der Waals surface area contributed by atoms with Crippen molar-refractivity contribution >= 4 is 11.9 Å². The Morgan fingerprint density at radius 2 is 1.90 bits per heavy atom. The second kappa shape index (κ2) is 9.78. The number of aryl methyl sites for hydroxylation is 1. The molecule has 170 valence electrons. The summed E-state index contributed by atoms with van der Waals surface area (Å²) >= 11 is 0. The summed E-state index contributed by atoms with van der Waals surface area (Å²) in [5.74, 6) is -2.55. The van der Waals surface area contributed by atoms with Gasteiger partial charge in [-0.25, -0.2) is 4.79 Å². The number of aliphatic carboxylic acids is 1. The highest BCUT2D eigenvalue weighted by Gasteiger charge is 2.44. The highest BCUT2D eigenvalue weighted by Crippen LogP contribution is 2.42. The Hall–Kier alpha value is -2.14. The molecule has 1 N–H and O–H groups in total. The number of rotatable bonds is 4. The van der Waals surface area contributed by atoms with Crippen LogP contribution in [0.2, 0.25) is 0 Å². The van der Waals surface area contributed by atoms with E-state index in [0.29, 0.717) is 17.9 Å². The molecule has 0 bridgehead atoms. The van der Waals surface area contributed by atoms with Crippen molar-refractivity contribution in [2.75, 3.05) is 40.4 Å². The van der Waals surface area contributed by atoms with E-state index in [2.05, 4.69) is 17.0 Å². The van der Waals surface area contributed by atoms with Gasteiger partial charge in [0.1, 0.15) is 0 Å². The molecule has 1 amide bonds. The number of likely N-dealkylation sites (tertiary alicyclic amines) is 2. The second-order valence-electron chi connectivity index (χ2n) is 8.07. The minimum Gasteiger partial charge on any atom is -0.475 e. The normalized spacial score (nSPS) is 21.4. The number of hydrogen-bond acceptors (Lipinski definition) is 5. The summed E-state index contributed by atoms with van der Waals surface area (Å²) in [5.41, 5.74) is 1.23. The number of methoxy groups -OCH3 is 1. The summed E-state index contributed by atoms with van der Waals surface area (Å²) in [5, 5.41) is 11.4. The van der Waals surface area contributed by atoms with Crippen LogP contribution in [0.25, 0.3) is 0 Å². The Bertz CT molecular complexity index is 730. The van der Waals surface area contributed by atoms with E-state index in [1.165, 1.54) is 6.42 Å². The molecule has 1 aromatic heterocycles. The lowest BCUT2D eigenvalue weighted by molar-refractivity contribution is -0.192. The van der Waals surface area contributed by atoms with E-state index in [4.69, 9.17) is 14.6 Å². The van der Waals surface area contributed by atoms with Crippen LogP contribution in [0.4, 0.5) is 13.2 Å². The Labute approximate surface area is 173 Å². The molecule has 30 heavy (non-hydrogen) atoms. The van der Waals surface area contributed by atoms with Crippen LogP contribution in [0, 0.1) is 5.41 Å². The molecule has 3 heterocycles. The number of likely N-dealkylation sites (N-methyl/N-ethyl adjacent to an activating group) is 1. The third-order valence-corrected chi connectivity index (χ3v) is 5.76. The minimum absolute atomic E-state index is 0.207. The maximum atomic E-state index is 12.5. The summed E-state index contributed by atoms with van der Waals surface area (Å²) in [6.45, 7) is 3.68. The monoisotopic (exact) mass is 434 g/mol. The minimum atomic E-state index is -5.08. The number of hydrogen-bond donors (Lipinski definition) is 1. The van der Waals surface area contributed by atoms with Crippen molar-refractivity contribution in [2.24, 2.45) is 12.5 Å². The lowest BCUT2D eigenvalue weighted by Crippen LogP contribution is -2.44. The highest BCUT2D eigenvalue weighted by atomic mass is 19.4. The van der Waals surface area contributed by atoms with Crippen LogP contribution in [0.15, 0.2) is 12.3 Å². The first kappa shape index (κ1) is 24.1. The maximum Gasteiger partial charge on any atom is 0.490 e. The first-order chi connectivity index (χ1) is 14.0. The molecule has 0 radical (unpaired) electrons. The van der Waals surface area contributed by atoms with E-state index in [1.54, 1.807) is 11.8 Å². The number of carbonyl (C=O) groups is 2. The summed E-state index contributed by atoms with van der Waals surface area (Å²) in [6.07, 6.45) is 0.620. The van der Waals surface area contributed by atoms with E-state index >= 15 is 0 Å². The summed E-state index contributed by atoms with van der Waals surface area (Å²) < 4.78 is 38.8. The zero-order valence-corrected chi connectivity index (χ0v) is 17.5. The number of carboxylic acid groups (broad SMARTS) is 1. The quantitative estimate of drug-likeness (QED) is 0.774. The van der Waals surface area contributed by atoms with Crippen molar-refractivity contribution in [3.8, 4) is 0 Å². The van der Waals surface area contributed by atoms with E-state index in [1.807, 2.05) is 24.2 Å². The van der Waals surface area contributed by atoms with Gasteiger partial charge >= 0.3 is 12.1 Å². The van der Waals surface area contributed by atoms with Gasteiger partial charge in [0.2, 0.25) is 5.91 Å². The molecule has 2 saturated heterocycles. The van der Waals surface area contributed by atoms with E-state index in [9.17, 15) is 18.0 Å². The third-order valence-electron chi connectivity index (χ3n) is 5.76. The van der Waals surface area contributed by atoms with Gasteiger partial charge in [0.25, 0.3) is 0 Å². The number of aromatic nitrogens is 2. The summed E-state index contributed by atoms with van der Waals surface area (Å²) in [4.78, 5) is 25.8. The van der Waals surface area contributed by atoms with Gasteiger partial charge in [-0.15, -0.1) is 0 Å². The van der Waals surface area contributed by atoms with Gasteiger partial charge in [0.05, 0.1) is 18.7 Å². The fourth-order valence-electron chi connectivity index (χ4n) is 4.17. The van der Waals surface area contributed by atoms with Crippen molar-refractivity contribution < 1.29 is 32.6 Å². The van der Waals surface area contributed by atoms with Gasteiger partial charge in [-0.3, -0.25) is 9.48 Å². The number of carboxylic acids is 1. The van der Waals surface area contributed by atoms with Crippen molar-refractivity contribution in [2.45, 2.75) is 37.9 Å². The first-order valence-corrected chi connectivity index (χ1v) is 9.71. The number of nitrogens with zero attached hydrogens (tertiary/aromatic N) is 4. The fourth-order valence-corrected chi connectivity index (χ4v) is 4.17. The molecule has 0 saturated carbocycles. The molecule has 2 aliphatic rings. The number of halogens is 3. The summed E-state index contributed by atoms with van der Waals surface area (Å²) in [6, 6.07) is 2.45. The number of carbonyl (C=O) groups excluding carboxylic acids is 1. The van der Waals surface area contributed by atoms with Gasteiger partial charge in [0.15, 0.2) is 0 Å². The molecule has 8 nitrogen and oxygen atoms in total. The van der Waals surface area contributed by atoms with Crippen LogP contribution < -0.4 is 0 Å². The molecule has 11 heteroatoms. The van der Waals surface area contributed by atoms with Gasteiger partial charge in [0, 0.05) is 46.0 Å². The molecule has 0 aromatic carbocycles. The summed E-state index contributed by atoms with van der Waals surface area (Å²) in [7, 11) is 5.85. The molecule has 1 aromatic rings. The molecular formula is C19H29F3N4O4. The first-order valence-electron chi connectivity index (χ1n) is 9.71. The van der Waals surface area contributed by atoms with Crippen LogP contribution in [0.3, 0.4) is 0 Å². The zero-order chi connectivity index (χ0) is 22.5. The van der Waals surface area contributed by atoms with Crippen LogP contribution in [0.5, 0.6) is 0 Å². The number of piperidine rings is 1. The standard InChI is InChI=1S/C17H28N4O2.C2HF3O2/c1-19-13-17(11-15(19)12-23-3)5-8-21(9-6-17)16(22)10-14-4-7-20(2)18-14;3-2(4,5)1(6)7/h4,7,15H,5-6,8-13H2,1-3H3;(H,6,7). The molecular weight excluding hydrogens is 405 g/mol. The highest BCUT2D eigenvalue weighted by molar-refractivity contribution is 5.78. The molecule has 1 atom stereocenters. The Morgan fingerprint density at radius 3 is 2.37 bits per heavy atom. The number of ether oxygens (including phenoxy) is 1. The SMILES string of the molecule is COCC1CC2(CCN(C(=O)Cc3ccn(C)n3)CC2)CN1C.O=C(O)C(F)(F)F. The van der Waals surface area contributed by atoms with Crippen LogP contribution in [-0.2, 0) is 27.8 Å². The van der Waals surface area contributed by atoms with E-state index in [0.717, 1.165) is 44.8 Å². The van der Waals surface area contributed by atoms with Crippen molar-refractivity contribution in [1.82, 2.24) is 19.6 Å². The molecule has 1 spiro atoms. The largest absolute Gasteiger partial charge is 0.490 e. The lowest BCUT2D eigenvalue weighted by Gasteiger charge is -2.39. The van der Waals surface area contributed by atoms with Crippen molar-refractivity contribution in [3.05, 3.63) is 18.0 Å². The Morgan fingerprint density at radius 1 is 1.30 bits per heavy atom. The Balaban J connectivity index is 0.000000396. The van der Waals surface area contributed by atoms with E-state index in [-0.39, 0.29) is 5.91 Å². The van der Waals surface area contributed by atoms with Gasteiger partial charge in [-0.1, -0.05) is 0 Å². The fraction of sp³-hybridized carbons (Fsp3) is 0.737. The smallest absolute Gasteiger partial charge is 0.475 e. The average molecular weight is 434 g/mol. The van der Waals surface area contributed by atoms with Gasteiger partial charge in [-0.2, -0.15) is 18.3 Å². The third kappa shape index (κ3) is 6.43. The van der Waals surface area contributed by atoms with Crippen molar-refractivity contribution in [1.29, 1.82) is 0 Å². The lowest BCUT2D eigenvalue weighted by atomic mass is 9.76. The molecule has 3 rings (SSSR count). The Kier molecular flexibility index (Phi) is 7.87. The molecule has 0 aliphatic carbocycles. The maximum absolute atomic E-state index is 12.5. The molecule has 2 aliphatic heterocycles. The average Bonchev–Trinajstić information content (AvgIpc) is 3.18. The topological polar surface area (TPSA) is 87.9 Å². The number of alkyl halides is 3. The van der Waals surface area contributed by atoms with Gasteiger partial charge < -0.3 is 19.6 Å². The molecule has 1 unspecified atom stereocenters. The predicted octanol–water partition coefficient (Wildman–Crippen LogP) is 1.56. The van der Waals surface area contributed by atoms with Crippen LogP contribution >= 0.6 is 0 Å². The predicted molar refractivity (Wildman–Crippen MR) is 102 cm³/mol.